The van der Waals surface area contributed by atoms with Gasteiger partial charge in [0.25, 0.3) is 0 Å². The van der Waals surface area contributed by atoms with Crippen molar-refractivity contribution in [3.8, 4) is 0 Å². The van der Waals surface area contributed by atoms with Crippen LogP contribution in [0.2, 0.25) is 0 Å². The van der Waals surface area contributed by atoms with Crippen LogP contribution in [0.3, 0.4) is 0 Å². The van der Waals surface area contributed by atoms with Crippen molar-refractivity contribution < 1.29 is 13.2 Å². The summed E-state index contributed by atoms with van der Waals surface area (Å²) in [5, 5.41) is 3.12. The van der Waals surface area contributed by atoms with Crippen LogP contribution in [0, 0.1) is 5.92 Å². The quantitative estimate of drug-likeness (QED) is 0.623. The maximum atomic E-state index is 11.0. The maximum Gasteiger partial charge on any atom is 0.148 e. The van der Waals surface area contributed by atoms with Crippen molar-refractivity contribution in [1.29, 1.82) is 0 Å². The second kappa shape index (κ2) is 8.03. The van der Waals surface area contributed by atoms with Gasteiger partial charge in [0.1, 0.15) is 9.84 Å². The Bertz CT molecular complexity index is 262. The molecule has 0 aromatic rings. The van der Waals surface area contributed by atoms with E-state index in [1.807, 2.05) is 6.92 Å². The van der Waals surface area contributed by atoms with Crippen LogP contribution in [-0.2, 0) is 14.6 Å². The van der Waals surface area contributed by atoms with E-state index in [4.69, 9.17) is 4.74 Å². The highest BCUT2D eigenvalue weighted by Gasteiger charge is 2.08. The number of hydrogen-bond acceptors (Lipinski definition) is 4. The van der Waals surface area contributed by atoms with Crippen molar-refractivity contribution >= 4 is 9.84 Å². The molecule has 0 heterocycles. The van der Waals surface area contributed by atoms with E-state index in [1.165, 1.54) is 6.26 Å². The normalized spacial score (nSPS) is 14.3. The lowest BCUT2D eigenvalue weighted by Gasteiger charge is -2.13. The second-order valence-electron chi connectivity index (χ2n) is 4.74. The first kappa shape index (κ1) is 15.9. The Hall–Kier alpha value is -0.130. The predicted molar refractivity (Wildman–Crippen MR) is 67.4 cm³/mol. The Labute approximate surface area is 99.7 Å². The molecule has 16 heavy (non-hydrogen) atoms. The minimum atomic E-state index is -2.89. The topological polar surface area (TPSA) is 55.4 Å². The highest BCUT2D eigenvalue weighted by atomic mass is 32.2. The van der Waals surface area contributed by atoms with Crippen molar-refractivity contribution in [2.45, 2.75) is 33.2 Å². The fraction of sp³-hybridized carbons (Fsp3) is 1.00. The molecular formula is C11H25NO3S. The molecule has 0 aromatic heterocycles. The summed E-state index contributed by atoms with van der Waals surface area (Å²) in [6.45, 7) is 8.32. The van der Waals surface area contributed by atoms with Crippen molar-refractivity contribution in [1.82, 2.24) is 5.32 Å². The predicted octanol–water partition coefficient (Wildman–Crippen LogP) is 1.07. The maximum absolute atomic E-state index is 11.0. The van der Waals surface area contributed by atoms with Gasteiger partial charge in [0.05, 0.1) is 12.4 Å². The number of nitrogens with one attached hydrogen (secondary N) is 1. The molecule has 1 atom stereocenters. The standard InChI is InChI=1S/C11H25NO3S/c1-10(2)5-7-15-8-6-12-11(3)9-16(4,13)14/h10-12H,5-9H2,1-4H3. The Morgan fingerprint density at radius 2 is 1.81 bits per heavy atom. The summed E-state index contributed by atoms with van der Waals surface area (Å²) in [4.78, 5) is 0. The van der Waals surface area contributed by atoms with Crippen molar-refractivity contribution in [2.24, 2.45) is 5.92 Å². The highest BCUT2D eigenvalue weighted by molar-refractivity contribution is 7.90. The fourth-order valence-electron chi connectivity index (χ4n) is 1.31. The lowest BCUT2D eigenvalue weighted by atomic mass is 10.1. The minimum absolute atomic E-state index is 0.0105. The van der Waals surface area contributed by atoms with Crippen LogP contribution >= 0.6 is 0 Å². The first-order valence-corrected chi connectivity index (χ1v) is 7.86. The van der Waals surface area contributed by atoms with E-state index in [9.17, 15) is 8.42 Å². The average Bonchev–Trinajstić information content (AvgIpc) is 2.07. The van der Waals surface area contributed by atoms with Crippen molar-refractivity contribution in [2.75, 3.05) is 31.8 Å². The summed E-state index contributed by atoms with van der Waals surface area (Å²) in [6, 6.07) is -0.0105. The van der Waals surface area contributed by atoms with Gasteiger partial charge < -0.3 is 10.1 Å². The first-order valence-electron chi connectivity index (χ1n) is 5.80. The third kappa shape index (κ3) is 11.9. The second-order valence-corrected chi connectivity index (χ2v) is 6.93. The van der Waals surface area contributed by atoms with Gasteiger partial charge in [-0.15, -0.1) is 0 Å². The number of hydrogen-bond donors (Lipinski definition) is 1. The van der Waals surface area contributed by atoms with Crippen molar-refractivity contribution in [3.63, 3.8) is 0 Å². The third-order valence-corrected chi connectivity index (χ3v) is 3.24. The van der Waals surface area contributed by atoms with E-state index >= 15 is 0 Å². The highest BCUT2D eigenvalue weighted by Crippen LogP contribution is 1.98. The number of sulfone groups is 1. The van der Waals surface area contributed by atoms with Gasteiger partial charge in [-0.1, -0.05) is 13.8 Å². The van der Waals surface area contributed by atoms with Crippen LogP contribution in [0.5, 0.6) is 0 Å². The number of ether oxygens (including phenoxy) is 1. The molecule has 0 saturated heterocycles. The minimum Gasteiger partial charge on any atom is -0.380 e. The molecule has 0 spiro atoms. The average molecular weight is 251 g/mol. The van der Waals surface area contributed by atoms with E-state index in [0.29, 0.717) is 19.1 Å². The van der Waals surface area contributed by atoms with E-state index in [1.54, 1.807) is 0 Å². The Morgan fingerprint density at radius 3 is 2.31 bits per heavy atom. The van der Waals surface area contributed by atoms with Gasteiger partial charge in [0, 0.05) is 25.4 Å². The summed E-state index contributed by atoms with van der Waals surface area (Å²) in [5.41, 5.74) is 0. The number of rotatable bonds is 9. The largest absolute Gasteiger partial charge is 0.380 e. The molecule has 1 N–H and O–H groups in total. The Kier molecular flexibility index (Phi) is 7.97. The van der Waals surface area contributed by atoms with Gasteiger partial charge in [-0.3, -0.25) is 0 Å². The Morgan fingerprint density at radius 1 is 1.19 bits per heavy atom. The van der Waals surface area contributed by atoms with Crippen LogP contribution in [0.15, 0.2) is 0 Å². The molecule has 0 aliphatic carbocycles. The van der Waals surface area contributed by atoms with Gasteiger partial charge in [0.2, 0.25) is 0 Å². The molecule has 5 heteroatoms. The molecule has 0 fully saturated rings. The van der Waals surface area contributed by atoms with Crippen molar-refractivity contribution in [3.05, 3.63) is 0 Å². The zero-order valence-electron chi connectivity index (χ0n) is 10.8. The Balaban J connectivity index is 3.38. The summed E-state index contributed by atoms with van der Waals surface area (Å²) >= 11 is 0. The van der Waals surface area contributed by atoms with E-state index < -0.39 is 9.84 Å². The SMILES string of the molecule is CC(C)CCOCCNC(C)CS(C)(=O)=O. The summed E-state index contributed by atoms with van der Waals surface area (Å²) in [7, 11) is -2.89. The van der Waals surface area contributed by atoms with Crippen LogP contribution in [0.1, 0.15) is 27.2 Å². The van der Waals surface area contributed by atoms with Gasteiger partial charge in [-0.25, -0.2) is 8.42 Å². The van der Waals surface area contributed by atoms with Crippen LogP contribution in [0.4, 0.5) is 0 Å². The molecule has 0 aromatic carbocycles. The lowest BCUT2D eigenvalue weighted by Crippen LogP contribution is -2.35. The molecule has 0 amide bonds. The monoisotopic (exact) mass is 251 g/mol. The smallest absolute Gasteiger partial charge is 0.148 e. The molecule has 0 radical (unpaired) electrons. The van der Waals surface area contributed by atoms with Gasteiger partial charge in [0.15, 0.2) is 0 Å². The van der Waals surface area contributed by atoms with Crippen LogP contribution in [0.25, 0.3) is 0 Å². The van der Waals surface area contributed by atoms with E-state index in [-0.39, 0.29) is 11.8 Å². The third-order valence-electron chi connectivity index (χ3n) is 2.13. The molecule has 0 saturated carbocycles. The summed E-state index contributed by atoms with van der Waals surface area (Å²) < 4.78 is 27.4. The van der Waals surface area contributed by atoms with Gasteiger partial charge >= 0.3 is 0 Å². The molecule has 1 unspecified atom stereocenters. The molecule has 0 rings (SSSR count). The lowest BCUT2D eigenvalue weighted by molar-refractivity contribution is 0.124. The van der Waals surface area contributed by atoms with E-state index in [2.05, 4.69) is 19.2 Å². The molecule has 4 nitrogen and oxygen atoms in total. The summed E-state index contributed by atoms with van der Waals surface area (Å²) in [6.07, 6.45) is 2.32. The van der Waals surface area contributed by atoms with Crippen LogP contribution in [-0.4, -0.2) is 46.2 Å². The summed E-state index contributed by atoms with van der Waals surface area (Å²) in [5.74, 6) is 0.844. The zero-order valence-corrected chi connectivity index (χ0v) is 11.6. The fourth-order valence-corrected chi connectivity index (χ4v) is 2.34. The molecule has 98 valence electrons. The first-order chi connectivity index (χ1) is 7.31. The van der Waals surface area contributed by atoms with Gasteiger partial charge in [-0.05, 0) is 19.3 Å². The molecular weight excluding hydrogens is 226 g/mol. The van der Waals surface area contributed by atoms with Gasteiger partial charge in [-0.2, -0.15) is 0 Å². The molecule has 0 bridgehead atoms. The molecule has 0 aliphatic rings. The zero-order chi connectivity index (χ0) is 12.6. The van der Waals surface area contributed by atoms with E-state index in [0.717, 1.165) is 13.0 Å². The van der Waals surface area contributed by atoms with Crippen LogP contribution < -0.4 is 5.32 Å². The molecule has 0 aliphatic heterocycles.